The molecule has 0 spiro atoms. The number of nitrogens with zero attached hydrogens (tertiary/aromatic N) is 2. The molecule has 0 saturated heterocycles. The SMILES string of the molecule is C[C@@H](OC(=O)c1ccc2nccnc2c1)C(=O)NCc1ccccc1. The molecule has 0 unspecified atom stereocenters. The van der Waals surface area contributed by atoms with Crippen molar-refractivity contribution in [3.8, 4) is 0 Å². The first-order valence-corrected chi connectivity index (χ1v) is 7.87. The molecule has 1 aromatic heterocycles. The number of rotatable bonds is 5. The molecule has 1 atom stereocenters. The van der Waals surface area contributed by atoms with Crippen LogP contribution < -0.4 is 5.32 Å². The summed E-state index contributed by atoms with van der Waals surface area (Å²) in [6.45, 7) is 1.92. The second-order valence-corrected chi connectivity index (χ2v) is 5.51. The standard InChI is InChI=1S/C19H17N3O3/c1-13(18(23)22-12-14-5-3-2-4-6-14)25-19(24)15-7-8-16-17(11-15)21-10-9-20-16/h2-11,13H,12H2,1H3,(H,22,23)/t13-/m1/s1. The number of hydrogen-bond acceptors (Lipinski definition) is 5. The van der Waals surface area contributed by atoms with Gasteiger partial charge in [-0.1, -0.05) is 30.3 Å². The second kappa shape index (κ2) is 7.53. The molecule has 0 bridgehead atoms. The van der Waals surface area contributed by atoms with Gasteiger partial charge in [0.1, 0.15) is 0 Å². The van der Waals surface area contributed by atoms with Crippen LogP contribution in [0.25, 0.3) is 11.0 Å². The third-order valence-electron chi connectivity index (χ3n) is 3.67. The zero-order valence-electron chi connectivity index (χ0n) is 13.7. The molecule has 0 aliphatic rings. The van der Waals surface area contributed by atoms with Crippen LogP contribution in [0.4, 0.5) is 0 Å². The minimum Gasteiger partial charge on any atom is -0.449 e. The lowest BCUT2D eigenvalue weighted by Crippen LogP contribution is -2.35. The Labute approximate surface area is 144 Å². The van der Waals surface area contributed by atoms with Crippen molar-refractivity contribution in [3.05, 3.63) is 72.1 Å². The highest BCUT2D eigenvalue weighted by atomic mass is 16.5. The lowest BCUT2D eigenvalue weighted by atomic mass is 10.2. The number of esters is 1. The van der Waals surface area contributed by atoms with Gasteiger partial charge in [-0.2, -0.15) is 0 Å². The minimum atomic E-state index is -0.895. The molecule has 6 nitrogen and oxygen atoms in total. The zero-order valence-corrected chi connectivity index (χ0v) is 13.7. The number of hydrogen-bond donors (Lipinski definition) is 1. The molecular weight excluding hydrogens is 318 g/mol. The topological polar surface area (TPSA) is 81.2 Å². The van der Waals surface area contributed by atoms with Crippen molar-refractivity contribution >= 4 is 22.9 Å². The Morgan fingerprint density at radius 3 is 2.52 bits per heavy atom. The predicted octanol–water partition coefficient (Wildman–Crippen LogP) is 2.49. The maximum Gasteiger partial charge on any atom is 0.338 e. The number of amides is 1. The summed E-state index contributed by atoms with van der Waals surface area (Å²) in [5.41, 5.74) is 2.59. The van der Waals surface area contributed by atoms with Crippen LogP contribution in [0.2, 0.25) is 0 Å². The molecule has 25 heavy (non-hydrogen) atoms. The Morgan fingerprint density at radius 2 is 1.76 bits per heavy atom. The van der Waals surface area contributed by atoms with Crippen molar-refractivity contribution in [2.45, 2.75) is 19.6 Å². The first kappa shape index (κ1) is 16.6. The van der Waals surface area contributed by atoms with Crippen molar-refractivity contribution < 1.29 is 14.3 Å². The number of fused-ring (bicyclic) bond motifs is 1. The summed E-state index contributed by atoms with van der Waals surface area (Å²) in [6.07, 6.45) is 2.24. The molecule has 1 heterocycles. The first-order valence-electron chi connectivity index (χ1n) is 7.87. The van der Waals surface area contributed by atoms with Crippen molar-refractivity contribution in [2.75, 3.05) is 0 Å². The van der Waals surface area contributed by atoms with Gasteiger partial charge in [-0.25, -0.2) is 4.79 Å². The van der Waals surface area contributed by atoms with Crippen molar-refractivity contribution in [3.63, 3.8) is 0 Å². The van der Waals surface area contributed by atoms with Gasteiger partial charge in [-0.15, -0.1) is 0 Å². The zero-order chi connectivity index (χ0) is 17.6. The smallest absolute Gasteiger partial charge is 0.338 e. The molecule has 1 amide bonds. The van der Waals surface area contributed by atoms with E-state index in [0.717, 1.165) is 5.56 Å². The van der Waals surface area contributed by atoms with Crippen LogP contribution in [-0.2, 0) is 16.1 Å². The van der Waals surface area contributed by atoms with Gasteiger partial charge in [0.15, 0.2) is 6.10 Å². The molecule has 3 rings (SSSR count). The summed E-state index contributed by atoms with van der Waals surface area (Å²) in [4.78, 5) is 32.6. The van der Waals surface area contributed by atoms with Crippen LogP contribution >= 0.6 is 0 Å². The average molecular weight is 335 g/mol. The van der Waals surface area contributed by atoms with Gasteiger partial charge < -0.3 is 10.1 Å². The number of benzene rings is 2. The quantitative estimate of drug-likeness (QED) is 0.725. The molecule has 0 radical (unpaired) electrons. The normalized spacial score (nSPS) is 11.7. The number of aromatic nitrogens is 2. The molecule has 0 aliphatic carbocycles. The largest absolute Gasteiger partial charge is 0.449 e. The summed E-state index contributed by atoms with van der Waals surface area (Å²) in [7, 11) is 0. The second-order valence-electron chi connectivity index (χ2n) is 5.51. The third kappa shape index (κ3) is 4.17. The molecule has 3 aromatic rings. The minimum absolute atomic E-state index is 0.329. The number of carbonyl (C=O) groups excluding carboxylic acids is 2. The van der Waals surface area contributed by atoms with Crippen LogP contribution in [0.5, 0.6) is 0 Å². The van der Waals surface area contributed by atoms with Crippen molar-refractivity contribution in [1.29, 1.82) is 0 Å². The van der Waals surface area contributed by atoms with E-state index >= 15 is 0 Å². The van der Waals surface area contributed by atoms with Crippen LogP contribution in [-0.4, -0.2) is 27.9 Å². The lowest BCUT2D eigenvalue weighted by molar-refractivity contribution is -0.129. The van der Waals surface area contributed by atoms with Crippen molar-refractivity contribution in [2.24, 2.45) is 0 Å². The summed E-state index contributed by atoms with van der Waals surface area (Å²) in [6, 6.07) is 14.4. The molecule has 2 aromatic carbocycles. The predicted molar refractivity (Wildman–Crippen MR) is 92.7 cm³/mol. The van der Waals surface area contributed by atoms with Crippen LogP contribution in [0, 0.1) is 0 Å². The average Bonchev–Trinajstić information content (AvgIpc) is 2.66. The van der Waals surface area contributed by atoms with E-state index in [2.05, 4.69) is 15.3 Å². The van der Waals surface area contributed by atoms with E-state index in [1.165, 1.54) is 0 Å². The summed E-state index contributed by atoms with van der Waals surface area (Å²) in [5, 5.41) is 2.75. The van der Waals surface area contributed by atoms with Crippen LogP contribution in [0.3, 0.4) is 0 Å². The number of nitrogens with one attached hydrogen (secondary N) is 1. The van der Waals surface area contributed by atoms with E-state index in [-0.39, 0.29) is 5.91 Å². The Kier molecular flexibility index (Phi) is 4.99. The highest BCUT2D eigenvalue weighted by Crippen LogP contribution is 2.12. The van der Waals surface area contributed by atoms with Gasteiger partial charge >= 0.3 is 5.97 Å². The van der Waals surface area contributed by atoms with E-state index in [1.807, 2.05) is 30.3 Å². The summed E-state index contributed by atoms with van der Waals surface area (Å²) in [5.74, 6) is -0.923. The molecule has 1 N–H and O–H groups in total. The van der Waals surface area contributed by atoms with Crippen LogP contribution in [0.15, 0.2) is 60.9 Å². The van der Waals surface area contributed by atoms with E-state index < -0.39 is 12.1 Å². The number of carbonyl (C=O) groups is 2. The van der Waals surface area contributed by atoms with Gasteiger partial charge in [-0.05, 0) is 30.7 Å². The van der Waals surface area contributed by atoms with E-state index in [1.54, 1.807) is 37.5 Å². The van der Waals surface area contributed by atoms with Crippen molar-refractivity contribution in [1.82, 2.24) is 15.3 Å². The Bertz CT molecular complexity index is 897. The maximum atomic E-state index is 12.2. The highest BCUT2D eigenvalue weighted by Gasteiger charge is 2.19. The molecule has 126 valence electrons. The Morgan fingerprint density at radius 1 is 1.04 bits per heavy atom. The van der Waals surface area contributed by atoms with Gasteiger partial charge in [-0.3, -0.25) is 14.8 Å². The molecular formula is C19H17N3O3. The van der Waals surface area contributed by atoms with E-state index in [0.29, 0.717) is 23.1 Å². The molecule has 0 saturated carbocycles. The Balaban J connectivity index is 1.59. The van der Waals surface area contributed by atoms with E-state index in [4.69, 9.17) is 4.74 Å². The molecule has 0 aliphatic heterocycles. The fraction of sp³-hybridized carbons (Fsp3) is 0.158. The third-order valence-corrected chi connectivity index (χ3v) is 3.67. The van der Waals surface area contributed by atoms with Gasteiger partial charge in [0.2, 0.25) is 0 Å². The fourth-order valence-electron chi connectivity index (χ4n) is 2.30. The monoisotopic (exact) mass is 335 g/mol. The maximum absolute atomic E-state index is 12.2. The van der Waals surface area contributed by atoms with E-state index in [9.17, 15) is 9.59 Å². The summed E-state index contributed by atoms with van der Waals surface area (Å²) < 4.78 is 5.24. The first-order chi connectivity index (χ1) is 12.1. The lowest BCUT2D eigenvalue weighted by Gasteiger charge is -2.13. The van der Waals surface area contributed by atoms with Gasteiger partial charge in [0.25, 0.3) is 5.91 Å². The van der Waals surface area contributed by atoms with Gasteiger partial charge in [0, 0.05) is 18.9 Å². The molecule has 6 heteroatoms. The fourth-order valence-corrected chi connectivity index (χ4v) is 2.30. The van der Waals surface area contributed by atoms with Crippen LogP contribution in [0.1, 0.15) is 22.8 Å². The highest BCUT2D eigenvalue weighted by molar-refractivity contribution is 5.95. The number of ether oxygens (including phenoxy) is 1. The molecule has 0 fully saturated rings. The summed E-state index contributed by atoms with van der Waals surface area (Å²) >= 11 is 0. The van der Waals surface area contributed by atoms with Gasteiger partial charge in [0.05, 0.1) is 16.6 Å². The Hall–Kier alpha value is -3.28.